The molecule has 20 heavy (non-hydrogen) atoms. The zero-order valence-corrected chi connectivity index (χ0v) is 12.1. The van der Waals surface area contributed by atoms with Crippen molar-refractivity contribution in [2.24, 2.45) is 11.8 Å². The van der Waals surface area contributed by atoms with Crippen LogP contribution in [0.4, 0.5) is 0 Å². The van der Waals surface area contributed by atoms with E-state index in [1.54, 1.807) is 6.08 Å². The van der Waals surface area contributed by atoms with Crippen LogP contribution in [0.2, 0.25) is 0 Å². The Labute approximate surface area is 120 Å². The molecule has 3 fully saturated rings. The van der Waals surface area contributed by atoms with E-state index in [0.717, 1.165) is 25.7 Å². The fraction of sp³-hybridized carbons (Fsp3) is 0.750. The summed E-state index contributed by atoms with van der Waals surface area (Å²) in [5, 5.41) is 0. The molecule has 3 rings (SSSR count). The molecule has 0 aromatic heterocycles. The zero-order chi connectivity index (χ0) is 14.3. The number of imide groups is 1. The van der Waals surface area contributed by atoms with Crippen molar-refractivity contribution in [2.75, 3.05) is 6.54 Å². The average molecular weight is 277 g/mol. The minimum Gasteiger partial charge on any atom is -0.366 e. The number of carbonyl (C=O) groups excluding carboxylic acids is 2. The van der Waals surface area contributed by atoms with Crippen molar-refractivity contribution in [2.45, 2.75) is 57.2 Å². The fourth-order valence-corrected chi connectivity index (χ4v) is 3.95. The molecule has 4 nitrogen and oxygen atoms in total. The van der Waals surface area contributed by atoms with Crippen molar-refractivity contribution in [1.82, 2.24) is 4.90 Å². The van der Waals surface area contributed by atoms with Crippen LogP contribution < -0.4 is 0 Å². The molecule has 2 heterocycles. The zero-order valence-electron chi connectivity index (χ0n) is 12.1. The van der Waals surface area contributed by atoms with E-state index in [9.17, 15) is 9.59 Å². The van der Waals surface area contributed by atoms with Gasteiger partial charge in [-0.2, -0.15) is 0 Å². The Balaban J connectivity index is 1.69. The molecule has 0 aromatic rings. The lowest BCUT2D eigenvalue weighted by Gasteiger charge is -2.24. The summed E-state index contributed by atoms with van der Waals surface area (Å²) in [6, 6.07) is 0. The van der Waals surface area contributed by atoms with Crippen molar-refractivity contribution in [3.05, 3.63) is 12.7 Å². The second-order valence-electron chi connectivity index (χ2n) is 6.36. The molecule has 2 aliphatic heterocycles. The van der Waals surface area contributed by atoms with E-state index >= 15 is 0 Å². The second kappa shape index (κ2) is 4.99. The minimum absolute atomic E-state index is 0.0104. The molecule has 4 heteroatoms. The molecule has 0 aromatic carbocycles. The van der Waals surface area contributed by atoms with Gasteiger partial charge in [-0.15, -0.1) is 6.58 Å². The highest BCUT2D eigenvalue weighted by Gasteiger charge is 2.66. The first-order valence-corrected chi connectivity index (χ1v) is 7.77. The van der Waals surface area contributed by atoms with Gasteiger partial charge in [0, 0.05) is 6.54 Å². The van der Waals surface area contributed by atoms with Gasteiger partial charge in [0.2, 0.25) is 11.8 Å². The maximum Gasteiger partial charge on any atom is 0.233 e. The Kier molecular flexibility index (Phi) is 3.44. The Morgan fingerprint density at radius 2 is 2.10 bits per heavy atom. The third-order valence-electron chi connectivity index (χ3n) is 5.11. The Morgan fingerprint density at radius 1 is 1.35 bits per heavy atom. The van der Waals surface area contributed by atoms with Crippen molar-refractivity contribution in [3.8, 4) is 0 Å². The van der Waals surface area contributed by atoms with Crippen LogP contribution in [-0.4, -0.2) is 35.0 Å². The van der Waals surface area contributed by atoms with Gasteiger partial charge in [-0.05, 0) is 19.3 Å². The SMILES string of the molecule is C=CCN1C(=O)C2CC3OC3(CCCCC)CC2C1=O. The molecule has 3 aliphatic rings. The summed E-state index contributed by atoms with van der Waals surface area (Å²) in [5.41, 5.74) is -0.0868. The summed E-state index contributed by atoms with van der Waals surface area (Å²) >= 11 is 0. The molecule has 110 valence electrons. The van der Waals surface area contributed by atoms with Gasteiger partial charge in [-0.3, -0.25) is 14.5 Å². The van der Waals surface area contributed by atoms with Crippen LogP contribution in [0.25, 0.3) is 0 Å². The molecule has 2 saturated heterocycles. The number of fused-ring (bicyclic) bond motifs is 2. The van der Waals surface area contributed by atoms with Gasteiger partial charge in [0.1, 0.15) is 0 Å². The summed E-state index contributed by atoms with van der Waals surface area (Å²) in [5.74, 6) is -0.321. The van der Waals surface area contributed by atoms with Gasteiger partial charge in [0.25, 0.3) is 0 Å². The highest BCUT2D eigenvalue weighted by Crippen LogP contribution is 2.56. The maximum absolute atomic E-state index is 12.4. The number of ether oxygens (including phenoxy) is 1. The van der Waals surface area contributed by atoms with E-state index in [1.165, 1.54) is 17.7 Å². The van der Waals surface area contributed by atoms with Crippen LogP contribution >= 0.6 is 0 Å². The monoisotopic (exact) mass is 277 g/mol. The largest absolute Gasteiger partial charge is 0.366 e. The van der Waals surface area contributed by atoms with Gasteiger partial charge in [0.05, 0.1) is 23.5 Å². The summed E-state index contributed by atoms with van der Waals surface area (Å²) in [7, 11) is 0. The molecule has 0 spiro atoms. The van der Waals surface area contributed by atoms with Crippen molar-refractivity contribution in [1.29, 1.82) is 0 Å². The average Bonchev–Trinajstić information content (AvgIpc) is 3.10. The number of hydrogen-bond donors (Lipinski definition) is 0. The number of epoxide rings is 1. The first-order chi connectivity index (χ1) is 9.63. The smallest absolute Gasteiger partial charge is 0.233 e. The van der Waals surface area contributed by atoms with Gasteiger partial charge in [-0.25, -0.2) is 0 Å². The summed E-state index contributed by atoms with van der Waals surface area (Å²) in [4.78, 5) is 26.0. The first kappa shape index (κ1) is 13.8. The van der Waals surface area contributed by atoms with Crippen LogP contribution in [0.15, 0.2) is 12.7 Å². The van der Waals surface area contributed by atoms with Crippen LogP contribution in [0, 0.1) is 11.8 Å². The normalized spacial score (nSPS) is 38.6. The molecular formula is C16H23NO3. The Morgan fingerprint density at radius 3 is 2.80 bits per heavy atom. The van der Waals surface area contributed by atoms with Crippen LogP contribution in [0.5, 0.6) is 0 Å². The molecule has 0 radical (unpaired) electrons. The number of carbonyl (C=O) groups is 2. The van der Waals surface area contributed by atoms with E-state index in [-0.39, 0.29) is 35.4 Å². The second-order valence-corrected chi connectivity index (χ2v) is 6.36. The number of likely N-dealkylation sites (tertiary alicyclic amines) is 1. The number of amides is 2. The predicted octanol–water partition coefficient (Wildman–Crippen LogP) is 2.29. The van der Waals surface area contributed by atoms with Crippen LogP contribution in [-0.2, 0) is 14.3 Å². The van der Waals surface area contributed by atoms with Gasteiger partial charge >= 0.3 is 0 Å². The minimum atomic E-state index is -0.150. The number of rotatable bonds is 6. The predicted molar refractivity (Wildman–Crippen MR) is 74.9 cm³/mol. The third kappa shape index (κ3) is 2.01. The quantitative estimate of drug-likeness (QED) is 0.324. The summed E-state index contributed by atoms with van der Waals surface area (Å²) < 4.78 is 5.90. The summed E-state index contributed by atoms with van der Waals surface area (Å²) in [6.45, 7) is 6.16. The van der Waals surface area contributed by atoms with E-state index in [4.69, 9.17) is 4.74 Å². The Hall–Kier alpha value is -1.16. The van der Waals surface area contributed by atoms with E-state index in [1.807, 2.05) is 0 Å². The topological polar surface area (TPSA) is 49.9 Å². The summed E-state index contributed by atoms with van der Waals surface area (Å²) in [6.07, 6.45) is 7.90. The Bertz CT molecular complexity index is 447. The van der Waals surface area contributed by atoms with E-state index < -0.39 is 0 Å². The first-order valence-electron chi connectivity index (χ1n) is 7.77. The van der Waals surface area contributed by atoms with Gasteiger partial charge < -0.3 is 4.74 Å². The molecule has 2 amide bonds. The molecule has 0 bridgehead atoms. The highest BCUT2D eigenvalue weighted by molar-refractivity contribution is 6.05. The van der Waals surface area contributed by atoms with Crippen molar-refractivity contribution >= 4 is 11.8 Å². The lowest BCUT2D eigenvalue weighted by atomic mass is 9.73. The van der Waals surface area contributed by atoms with E-state index in [2.05, 4.69) is 13.5 Å². The third-order valence-corrected chi connectivity index (χ3v) is 5.11. The fourth-order valence-electron chi connectivity index (χ4n) is 3.95. The van der Waals surface area contributed by atoms with Crippen molar-refractivity contribution < 1.29 is 14.3 Å². The molecule has 4 unspecified atom stereocenters. The lowest BCUT2D eigenvalue weighted by Crippen LogP contribution is -2.33. The molecular weight excluding hydrogens is 254 g/mol. The van der Waals surface area contributed by atoms with E-state index in [0.29, 0.717) is 6.54 Å². The standard InChI is InChI=1S/C16H23NO3/c1-3-5-6-7-16-10-12-11(9-13(16)20-16)14(18)17(8-4-2)15(12)19/h4,11-13H,2-3,5-10H2,1H3. The number of hydrogen-bond acceptors (Lipinski definition) is 3. The van der Waals surface area contributed by atoms with Crippen LogP contribution in [0.1, 0.15) is 45.4 Å². The highest BCUT2D eigenvalue weighted by atomic mass is 16.6. The van der Waals surface area contributed by atoms with Crippen molar-refractivity contribution in [3.63, 3.8) is 0 Å². The molecule has 1 aliphatic carbocycles. The molecule has 0 N–H and O–H groups in total. The van der Waals surface area contributed by atoms with Gasteiger partial charge in [-0.1, -0.05) is 32.3 Å². The molecule has 1 saturated carbocycles. The number of unbranched alkanes of at least 4 members (excludes halogenated alkanes) is 2. The lowest BCUT2D eigenvalue weighted by molar-refractivity contribution is -0.139. The van der Waals surface area contributed by atoms with Crippen LogP contribution in [0.3, 0.4) is 0 Å². The maximum atomic E-state index is 12.4. The number of nitrogens with zero attached hydrogens (tertiary/aromatic N) is 1. The molecule has 4 atom stereocenters. The van der Waals surface area contributed by atoms with Gasteiger partial charge in [0.15, 0.2) is 0 Å².